The van der Waals surface area contributed by atoms with E-state index < -0.39 is 0 Å². The molecule has 0 saturated heterocycles. The lowest BCUT2D eigenvalue weighted by Gasteiger charge is -2.04. The van der Waals surface area contributed by atoms with Gasteiger partial charge in [0, 0.05) is 12.3 Å². The molecule has 0 spiro atoms. The van der Waals surface area contributed by atoms with Crippen LogP contribution in [0.15, 0.2) is 0 Å². The van der Waals surface area contributed by atoms with Crippen molar-refractivity contribution in [3.63, 3.8) is 0 Å². The molecule has 2 N–H and O–H groups in total. The molecule has 0 heterocycles. The van der Waals surface area contributed by atoms with E-state index in [-0.39, 0.29) is 12.4 Å². The van der Waals surface area contributed by atoms with E-state index in [0.29, 0.717) is 18.9 Å². The number of nitrogens with one attached hydrogen (secondary N) is 1. The van der Waals surface area contributed by atoms with E-state index in [1.807, 2.05) is 0 Å². The lowest BCUT2D eigenvalue weighted by molar-refractivity contribution is -0.142. The summed E-state index contributed by atoms with van der Waals surface area (Å²) in [7, 11) is 0. The smallest absolute Gasteiger partial charge is 0.311 e. The Bertz CT molecular complexity index is 242. The molecule has 0 radical (unpaired) electrons. The number of esters is 1. The Labute approximate surface area is 117 Å². The Morgan fingerprint density at radius 3 is 1.89 bits per heavy atom. The first-order valence-electron chi connectivity index (χ1n) is 7.47. The van der Waals surface area contributed by atoms with E-state index in [2.05, 4.69) is 0 Å². The molecule has 0 saturated carbocycles. The fourth-order valence-corrected chi connectivity index (χ4v) is 1.90. The Kier molecular flexibility index (Phi) is 12.9. The van der Waals surface area contributed by atoms with E-state index in [9.17, 15) is 4.79 Å². The van der Waals surface area contributed by atoms with Gasteiger partial charge in [-0.3, -0.25) is 4.79 Å². The zero-order valence-corrected chi connectivity index (χ0v) is 12.2. The second-order valence-electron chi connectivity index (χ2n) is 5.08. The lowest BCUT2D eigenvalue weighted by Crippen LogP contribution is -2.09. The molecule has 112 valence electrons. The first-order chi connectivity index (χ1) is 9.16. The summed E-state index contributed by atoms with van der Waals surface area (Å²) in [6, 6.07) is 0. The highest BCUT2D eigenvalue weighted by Crippen LogP contribution is 2.09. The third-order valence-electron chi connectivity index (χ3n) is 2.98. The van der Waals surface area contributed by atoms with Crippen molar-refractivity contribution >= 4 is 11.7 Å². The van der Waals surface area contributed by atoms with Crippen LogP contribution >= 0.6 is 0 Å². The molecule has 19 heavy (non-hydrogen) atoms. The largest absolute Gasteiger partial charge is 0.465 e. The molecule has 0 aromatic carbocycles. The van der Waals surface area contributed by atoms with E-state index in [4.69, 9.17) is 15.3 Å². The van der Waals surface area contributed by atoms with Crippen LogP contribution in [0.2, 0.25) is 0 Å². The highest BCUT2D eigenvalue weighted by molar-refractivity contribution is 5.95. The van der Waals surface area contributed by atoms with E-state index in [1.54, 1.807) is 6.92 Å². The average Bonchev–Trinajstić information content (AvgIpc) is 2.35. The van der Waals surface area contributed by atoms with Crippen molar-refractivity contribution < 1.29 is 14.6 Å². The molecule has 0 aromatic rings. The number of unbranched alkanes of at least 4 members (excludes halogenated alkanes) is 8. The van der Waals surface area contributed by atoms with Crippen LogP contribution in [0.25, 0.3) is 0 Å². The first-order valence-corrected chi connectivity index (χ1v) is 7.47. The van der Waals surface area contributed by atoms with Gasteiger partial charge in [0.25, 0.3) is 0 Å². The summed E-state index contributed by atoms with van der Waals surface area (Å²) in [4.78, 5) is 11.1. The van der Waals surface area contributed by atoms with Gasteiger partial charge in [0.15, 0.2) is 0 Å². The minimum absolute atomic E-state index is 0.119. The molecular weight excluding hydrogens is 242 g/mol. The molecular formula is C15H29NO3. The van der Waals surface area contributed by atoms with Gasteiger partial charge >= 0.3 is 5.97 Å². The number of carbonyl (C=O) groups excluding carboxylic acids is 1. The summed E-state index contributed by atoms with van der Waals surface area (Å²) >= 11 is 0. The van der Waals surface area contributed by atoms with Crippen LogP contribution in [0.5, 0.6) is 0 Å². The molecule has 0 bridgehead atoms. The highest BCUT2D eigenvalue weighted by Gasteiger charge is 2.03. The van der Waals surface area contributed by atoms with Gasteiger partial charge in [-0.2, -0.15) is 0 Å². The van der Waals surface area contributed by atoms with Crippen molar-refractivity contribution in [3.05, 3.63) is 0 Å². The predicted molar refractivity (Wildman–Crippen MR) is 77.6 cm³/mol. The number of ether oxygens (including phenoxy) is 1. The number of carbonyl (C=O) groups is 1. The number of hydrogen-bond donors (Lipinski definition) is 2. The molecule has 0 fully saturated rings. The number of rotatable bonds is 13. The predicted octanol–water partition coefficient (Wildman–Crippen LogP) is 3.46. The Morgan fingerprint density at radius 2 is 1.42 bits per heavy atom. The van der Waals surface area contributed by atoms with E-state index in [1.165, 1.54) is 32.1 Å². The van der Waals surface area contributed by atoms with Crippen molar-refractivity contribution in [2.24, 2.45) is 0 Å². The lowest BCUT2D eigenvalue weighted by atomic mass is 10.1. The standard InChI is InChI=1S/C15H29NO3/c1-14(16)13-15(18)19-12-10-8-6-4-2-3-5-7-9-11-17/h16-17H,2-13H2,1H3. The Morgan fingerprint density at radius 1 is 0.947 bits per heavy atom. The molecule has 0 aromatic heterocycles. The fraction of sp³-hybridized carbons (Fsp3) is 0.867. The third-order valence-corrected chi connectivity index (χ3v) is 2.98. The summed E-state index contributed by atoms with van der Waals surface area (Å²) in [5.74, 6) is -0.281. The summed E-state index contributed by atoms with van der Waals surface area (Å²) in [6.45, 7) is 2.42. The van der Waals surface area contributed by atoms with Gasteiger partial charge in [0.1, 0.15) is 0 Å². The van der Waals surface area contributed by atoms with Gasteiger partial charge < -0.3 is 15.3 Å². The third kappa shape index (κ3) is 15.0. The number of aliphatic hydroxyl groups excluding tert-OH is 1. The molecule has 0 aliphatic carbocycles. The van der Waals surface area contributed by atoms with Crippen LogP contribution in [0.4, 0.5) is 0 Å². The van der Waals surface area contributed by atoms with Gasteiger partial charge in [-0.05, 0) is 19.8 Å². The van der Waals surface area contributed by atoms with Crippen LogP contribution in [0.3, 0.4) is 0 Å². The molecule has 0 aliphatic rings. The van der Waals surface area contributed by atoms with Gasteiger partial charge in [0.05, 0.1) is 13.0 Å². The zero-order chi connectivity index (χ0) is 14.3. The number of hydrogen-bond acceptors (Lipinski definition) is 4. The molecule has 0 aliphatic heterocycles. The molecule has 4 heteroatoms. The monoisotopic (exact) mass is 271 g/mol. The fourth-order valence-electron chi connectivity index (χ4n) is 1.90. The van der Waals surface area contributed by atoms with E-state index >= 15 is 0 Å². The van der Waals surface area contributed by atoms with Crippen molar-refractivity contribution in [1.29, 1.82) is 5.41 Å². The molecule has 0 rings (SSSR count). The van der Waals surface area contributed by atoms with Crippen LogP contribution in [0.1, 0.15) is 71.1 Å². The van der Waals surface area contributed by atoms with Gasteiger partial charge in [-0.25, -0.2) is 0 Å². The minimum atomic E-state index is -0.281. The summed E-state index contributed by atoms with van der Waals surface area (Å²) in [6.07, 6.45) is 10.4. The maximum Gasteiger partial charge on any atom is 0.311 e. The quantitative estimate of drug-likeness (QED) is 0.306. The van der Waals surface area contributed by atoms with Gasteiger partial charge in [0.2, 0.25) is 0 Å². The Hall–Kier alpha value is -0.900. The zero-order valence-electron chi connectivity index (χ0n) is 12.2. The van der Waals surface area contributed by atoms with Crippen LogP contribution in [0, 0.1) is 5.41 Å². The van der Waals surface area contributed by atoms with Gasteiger partial charge in [-0.15, -0.1) is 0 Å². The SMILES string of the molecule is CC(=N)CC(=O)OCCCCCCCCCCCO. The molecule has 0 amide bonds. The molecule has 4 nitrogen and oxygen atoms in total. The normalized spacial score (nSPS) is 10.4. The van der Waals surface area contributed by atoms with Crippen LogP contribution in [-0.4, -0.2) is 30.0 Å². The summed E-state index contributed by atoms with van der Waals surface area (Å²) in [5.41, 5.74) is 0.353. The van der Waals surface area contributed by atoms with Crippen molar-refractivity contribution in [2.75, 3.05) is 13.2 Å². The second kappa shape index (κ2) is 13.5. The van der Waals surface area contributed by atoms with Crippen LogP contribution in [-0.2, 0) is 9.53 Å². The van der Waals surface area contributed by atoms with Crippen LogP contribution < -0.4 is 0 Å². The summed E-state index contributed by atoms with van der Waals surface area (Å²) in [5, 5.41) is 15.8. The Balaban J connectivity index is 3.10. The maximum atomic E-state index is 11.1. The van der Waals surface area contributed by atoms with Crippen molar-refractivity contribution in [2.45, 2.75) is 71.1 Å². The molecule has 0 unspecified atom stereocenters. The molecule has 0 atom stereocenters. The summed E-state index contributed by atoms with van der Waals surface area (Å²) < 4.78 is 5.02. The first kappa shape index (κ1) is 18.1. The van der Waals surface area contributed by atoms with E-state index in [0.717, 1.165) is 25.7 Å². The van der Waals surface area contributed by atoms with Crippen molar-refractivity contribution in [1.82, 2.24) is 0 Å². The van der Waals surface area contributed by atoms with Gasteiger partial charge in [-0.1, -0.05) is 44.9 Å². The average molecular weight is 271 g/mol. The number of aliphatic hydroxyl groups is 1. The highest BCUT2D eigenvalue weighted by atomic mass is 16.5. The second-order valence-corrected chi connectivity index (χ2v) is 5.08. The minimum Gasteiger partial charge on any atom is -0.465 e. The maximum absolute atomic E-state index is 11.1. The van der Waals surface area contributed by atoms with Crippen molar-refractivity contribution in [3.8, 4) is 0 Å². The topological polar surface area (TPSA) is 70.4 Å².